The van der Waals surface area contributed by atoms with Gasteiger partial charge in [-0.25, -0.2) is 4.98 Å². The molecule has 0 aliphatic carbocycles. The molecule has 0 radical (unpaired) electrons. The van der Waals surface area contributed by atoms with Gasteiger partial charge in [0.15, 0.2) is 0 Å². The summed E-state index contributed by atoms with van der Waals surface area (Å²) in [4.78, 5) is 6.71. The molecule has 1 saturated heterocycles. The van der Waals surface area contributed by atoms with Gasteiger partial charge in [-0.1, -0.05) is 26.0 Å². The normalized spacial score (nSPS) is 20.0. The summed E-state index contributed by atoms with van der Waals surface area (Å²) in [6.07, 6.45) is 8.37. The van der Waals surface area contributed by atoms with Crippen LogP contribution in [0.25, 0.3) is 5.69 Å². The van der Waals surface area contributed by atoms with E-state index < -0.39 is 0 Å². The largest absolute Gasteiger partial charge is 0.306 e. The van der Waals surface area contributed by atoms with Crippen LogP contribution in [0.15, 0.2) is 43.0 Å². The predicted octanol–water partition coefficient (Wildman–Crippen LogP) is 3.74. The Balaban J connectivity index is 1.62. The van der Waals surface area contributed by atoms with Gasteiger partial charge in [0, 0.05) is 31.2 Å². The minimum atomic E-state index is 0.802. The SMILES string of the molecule is CC(C)[C@H]1CCCN(Cc2ccc(-n3ccnc3)cc2)C1. The molecular formula is C18H25N3. The van der Waals surface area contributed by atoms with E-state index in [1.807, 2.05) is 23.3 Å². The lowest BCUT2D eigenvalue weighted by atomic mass is 9.88. The first-order valence-electron chi connectivity index (χ1n) is 8.02. The van der Waals surface area contributed by atoms with Crippen LogP contribution in [0.4, 0.5) is 0 Å². The van der Waals surface area contributed by atoms with Gasteiger partial charge in [-0.15, -0.1) is 0 Å². The quantitative estimate of drug-likeness (QED) is 0.852. The molecule has 3 nitrogen and oxygen atoms in total. The Bertz CT molecular complexity index is 542. The molecule has 112 valence electrons. The highest BCUT2D eigenvalue weighted by atomic mass is 15.1. The van der Waals surface area contributed by atoms with Crippen LogP contribution in [-0.2, 0) is 6.54 Å². The molecule has 1 aromatic carbocycles. The van der Waals surface area contributed by atoms with Crippen molar-refractivity contribution >= 4 is 0 Å². The third kappa shape index (κ3) is 3.53. The van der Waals surface area contributed by atoms with Gasteiger partial charge < -0.3 is 4.57 Å². The predicted molar refractivity (Wildman–Crippen MR) is 86.4 cm³/mol. The van der Waals surface area contributed by atoms with E-state index in [2.05, 4.69) is 48.0 Å². The van der Waals surface area contributed by atoms with Gasteiger partial charge in [0.1, 0.15) is 0 Å². The Morgan fingerprint density at radius 2 is 2.05 bits per heavy atom. The van der Waals surface area contributed by atoms with Gasteiger partial charge in [-0.3, -0.25) is 4.90 Å². The van der Waals surface area contributed by atoms with Crippen LogP contribution in [0.3, 0.4) is 0 Å². The minimum Gasteiger partial charge on any atom is -0.306 e. The number of rotatable bonds is 4. The first kappa shape index (κ1) is 14.3. The number of hydrogen-bond donors (Lipinski definition) is 0. The Morgan fingerprint density at radius 3 is 2.71 bits per heavy atom. The zero-order chi connectivity index (χ0) is 14.7. The van der Waals surface area contributed by atoms with Gasteiger partial charge in [0.05, 0.1) is 6.33 Å². The maximum Gasteiger partial charge on any atom is 0.0991 e. The van der Waals surface area contributed by atoms with Crippen molar-refractivity contribution in [3.05, 3.63) is 48.5 Å². The van der Waals surface area contributed by atoms with Crippen LogP contribution in [0.1, 0.15) is 32.3 Å². The molecule has 1 aromatic heterocycles. The van der Waals surface area contributed by atoms with Gasteiger partial charge in [0.2, 0.25) is 0 Å². The van der Waals surface area contributed by atoms with Crippen LogP contribution in [0.2, 0.25) is 0 Å². The van der Waals surface area contributed by atoms with Crippen LogP contribution in [-0.4, -0.2) is 27.5 Å². The molecule has 0 N–H and O–H groups in total. The minimum absolute atomic E-state index is 0.802. The molecule has 0 bridgehead atoms. The zero-order valence-corrected chi connectivity index (χ0v) is 13.1. The summed E-state index contributed by atoms with van der Waals surface area (Å²) in [7, 11) is 0. The summed E-state index contributed by atoms with van der Waals surface area (Å²) in [5, 5.41) is 0. The molecule has 0 spiro atoms. The number of nitrogens with zero attached hydrogens (tertiary/aromatic N) is 3. The fourth-order valence-electron chi connectivity index (χ4n) is 3.22. The number of likely N-dealkylation sites (tertiary alicyclic amines) is 1. The van der Waals surface area contributed by atoms with Crippen LogP contribution in [0.5, 0.6) is 0 Å². The number of imidazole rings is 1. The van der Waals surface area contributed by atoms with E-state index in [1.165, 1.54) is 37.2 Å². The lowest BCUT2D eigenvalue weighted by Crippen LogP contribution is -2.36. The van der Waals surface area contributed by atoms with Crippen LogP contribution < -0.4 is 0 Å². The Labute approximate surface area is 127 Å². The molecule has 2 aromatic rings. The molecule has 2 heterocycles. The first-order chi connectivity index (χ1) is 10.2. The summed E-state index contributed by atoms with van der Waals surface area (Å²) in [6.45, 7) is 8.28. The average Bonchev–Trinajstić information content (AvgIpc) is 3.02. The monoisotopic (exact) mass is 283 g/mol. The molecule has 0 saturated carbocycles. The highest BCUT2D eigenvalue weighted by Gasteiger charge is 2.22. The van der Waals surface area contributed by atoms with Crippen molar-refractivity contribution in [3.63, 3.8) is 0 Å². The highest BCUT2D eigenvalue weighted by Crippen LogP contribution is 2.24. The second-order valence-electron chi connectivity index (χ2n) is 6.52. The molecule has 0 unspecified atom stereocenters. The molecule has 1 atom stereocenters. The van der Waals surface area contributed by atoms with Crippen molar-refractivity contribution in [2.24, 2.45) is 11.8 Å². The Kier molecular flexibility index (Phi) is 4.39. The molecule has 1 aliphatic rings. The average molecular weight is 283 g/mol. The standard InChI is InChI=1S/C18H25N3/c1-15(2)17-4-3-10-20(13-17)12-16-5-7-18(8-6-16)21-11-9-19-14-21/h5-9,11,14-15,17H,3-4,10,12-13H2,1-2H3/t17-/m0/s1. The van der Waals surface area contributed by atoms with Gasteiger partial charge in [0.25, 0.3) is 0 Å². The van der Waals surface area contributed by atoms with Crippen molar-refractivity contribution in [1.82, 2.24) is 14.5 Å². The van der Waals surface area contributed by atoms with Gasteiger partial charge in [-0.05, 0) is 48.9 Å². The summed E-state index contributed by atoms with van der Waals surface area (Å²) in [5.41, 5.74) is 2.58. The maximum atomic E-state index is 4.09. The van der Waals surface area contributed by atoms with E-state index >= 15 is 0 Å². The van der Waals surface area contributed by atoms with Crippen molar-refractivity contribution in [3.8, 4) is 5.69 Å². The van der Waals surface area contributed by atoms with Crippen molar-refractivity contribution < 1.29 is 0 Å². The smallest absolute Gasteiger partial charge is 0.0991 e. The zero-order valence-electron chi connectivity index (χ0n) is 13.1. The number of benzene rings is 1. The summed E-state index contributed by atoms with van der Waals surface area (Å²) in [5.74, 6) is 1.67. The Morgan fingerprint density at radius 1 is 1.24 bits per heavy atom. The molecule has 0 amide bonds. The first-order valence-corrected chi connectivity index (χ1v) is 8.02. The lowest BCUT2D eigenvalue weighted by molar-refractivity contribution is 0.139. The van der Waals surface area contributed by atoms with Crippen molar-refractivity contribution in [2.75, 3.05) is 13.1 Å². The Hall–Kier alpha value is -1.61. The fraction of sp³-hybridized carbons (Fsp3) is 0.500. The molecule has 1 aliphatic heterocycles. The van der Waals surface area contributed by atoms with Gasteiger partial charge in [-0.2, -0.15) is 0 Å². The summed E-state index contributed by atoms with van der Waals surface area (Å²) < 4.78 is 2.04. The van der Waals surface area contributed by atoms with Crippen molar-refractivity contribution in [1.29, 1.82) is 0 Å². The fourth-order valence-corrected chi connectivity index (χ4v) is 3.22. The lowest BCUT2D eigenvalue weighted by Gasteiger charge is -2.34. The number of hydrogen-bond acceptors (Lipinski definition) is 2. The summed E-state index contributed by atoms with van der Waals surface area (Å²) >= 11 is 0. The highest BCUT2D eigenvalue weighted by molar-refractivity contribution is 5.34. The van der Waals surface area contributed by atoms with Crippen LogP contribution >= 0.6 is 0 Å². The van der Waals surface area contributed by atoms with E-state index in [1.54, 1.807) is 0 Å². The van der Waals surface area contributed by atoms with E-state index in [0.29, 0.717) is 0 Å². The number of aromatic nitrogens is 2. The molecule has 3 rings (SSSR count). The summed E-state index contributed by atoms with van der Waals surface area (Å²) in [6, 6.07) is 8.85. The topological polar surface area (TPSA) is 21.1 Å². The second kappa shape index (κ2) is 6.44. The molecule has 21 heavy (non-hydrogen) atoms. The van der Waals surface area contributed by atoms with Crippen molar-refractivity contribution in [2.45, 2.75) is 33.2 Å². The number of piperidine rings is 1. The third-order valence-corrected chi connectivity index (χ3v) is 4.63. The van der Waals surface area contributed by atoms with E-state index in [-0.39, 0.29) is 0 Å². The molecule has 1 fully saturated rings. The van der Waals surface area contributed by atoms with Crippen LogP contribution in [0, 0.1) is 11.8 Å². The molecule has 3 heteroatoms. The third-order valence-electron chi connectivity index (χ3n) is 4.63. The van der Waals surface area contributed by atoms with E-state index in [4.69, 9.17) is 0 Å². The van der Waals surface area contributed by atoms with E-state index in [9.17, 15) is 0 Å². The van der Waals surface area contributed by atoms with E-state index in [0.717, 1.165) is 18.4 Å². The van der Waals surface area contributed by atoms with Gasteiger partial charge >= 0.3 is 0 Å². The molecular weight excluding hydrogens is 258 g/mol. The maximum absolute atomic E-state index is 4.09. The second-order valence-corrected chi connectivity index (χ2v) is 6.52.